The molecule has 0 bridgehead atoms. The van der Waals surface area contributed by atoms with Gasteiger partial charge in [-0.25, -0.2) is 4.79 Å². The van der Waals surface area contributed by atoms with Crippen LogP contribution in [0.3, 0.4) is 0 Å². The summed E-state index contributed by atoms with van der Waals surface area (Å²) in [6.45, 7) is 0.448. The fourth-order valence-corrected chi connectivity index (χ4v) is 5.67. The Kier molecular flexibility index (Phi) is 9.93. The molecule has 1 aliphatic rings. The molecular weight excluding hydrogens is 536 g/mol. The molecule has 1 heterocycles. The molecule has 8 heteroatoms. The van der Waals surface area contributed by atoms with Crippen LogP contribution in [0.1, 0.15) is 41.1 Å². The van der Waals surface area contributed by atoms with Crippen LogP contribution in [0.15, 0.2) is 108 Å². The largest absolute Gasteiger partial charge is 0.496 e. The second kappa shape index (κ2) is 14.2. The van der Waals surface area contributed by atoms with Gasteiger partial charge in [0.15, 0.2) is 6.29 Å². The highest BCUT2D eigenvalue weighted by atomic mass is 32.2. The van der Waals surface area contributed by atoms with E-state index < -0.39 is 6.29 Å². The molecule has 5 rings (SSSR count). The third-order valence-corrected chi connectivity index (χ3v) is 8.03. The Morgan fingerprint density at radius 3 is 2.32 bits per heavy atom. The number of hydrogen-bond donors (Lipinski definition) is 3. The SMILES string of the molecule is COc1ccccc1SC[C@@H]1C[C@H](c2ccc(CO)cc2)O[C@H](c2ccc(NC(=O)NCc3ccccc3)cc2)O1. The number of methoxy groups -OCH3 is 1. The van der Waals surface area contributed by atoms with Crippen LogP contribution in [0.5, 0.6) is 5.75 Å². The summed E-state index contributed by atoms with van der Waals surface area (Å²) in [4.78, 5) is 13.5. The van der Waals surface area contributed by atoms with E-state index in [0.717, 1.165) is 38.7 Å². The van der Waals surface area contributed by atoms with Crippen molar-refractivity contribution in [3.8, 4) is 5.75 Å². The topological polar surface area (TPSA) is 89.0 Å². The average Bonchev–Trinajstić information content (AvgIpc) is 3.03. The van der Waals surface area contributed by atoms with E-state index in [4.69, 9.17) is 14.2 Å². The second-order valence-corrected chi connectivity index (χ2v) is 10.8. The number of aliphatic hydroxyl groups excluding tert-OH is 1. The summed E-state index contributed by atoms with van der Waals surface area (Å²) in [7, 11) is 1.68. The summed E-state index contributed by atoms with van der Waals surface area (Å²) in [6.07, 6.45) is -0.132. The summed E-state index contributed by atoms with van der Waals surface area (Å²) in [5.74, 6) is 1.57. The Morgan fingerprint density at radius 2 is 1.59 bits per heavy atom. The predicted octanol–water partition coefficient (Wildman–Crippen LogP) is 6.85. The van der Waals surface area contributed by atoms with Gasteiger partial charge in [0.25, 0.3) is 0 Å². The van der Waals surface area contributed by atoms with E-state index in [2.05, 4.69) is 10.6 Å². The monoisotopic (exact) mass is 570 g/mol. The van der Waals surface area contributed by atoms with E-state index in [-0.39, 0.29) is 24.8 Å². The minimum Gasteiger partial charge on any atom is -0.496 e. The first-order valence-electron chi connectivity index (χ1n) is 13.6. The highest BCUT2D eigenvalue weighted by Gasteiger charge is 2.32. The molecule has 41 heavy (non-hydrogen) atoms. The van der Waals surface area contributed by atoms with Crippen LogP contribution in [-0.4, -0.2) is 30.1 Å². The van der Waals surface area contributed by atoms with Gasteiger partial charge in [0, 0.05) is 34.9 Å². The molecule has 212 valence electrons. The minimum absolute atomic E-state index is 0.000373. The number of para-hydroxylation sites is 1. The van der Waals surface area contributed by atoms with Crippen molar-refractivity contribution < 1.29 is 24.1 Å². The Labute approximate surface area is 244 Å². The maximum atomic E-state index is 12.4. The standard InChI is InChI=1S/C33H34N2O5S/c1-38-29-9-5-6-10-31(29)41-22-28-19-30(25-13-11-24(21-36)12-14-25)40-32(39-28)26-15-17-27(18-16-26)35-33(37)34-20-23-7-3-2-4-8-23/h2-18,28,30,32,36H,19-22H2,1H3,(H2,34,35,37)/t28-,30+,32+/m0/s1. The summed E-state index contributed by atoms with van der Waals surface area (Å²) >= 11 is 1.70. The first-order valence-corrected chi connectivity index (χ1v) is 14.5. The van der Waals surface area contributed by atoms with Gasteiger partial charge >= 0.3 is 6.03 Å². The molecule has 3 atom stereocenters. The van der Waals surface area contributed by atoms with Gasteiger partial charge in [-0.2, -0.15) is 0 Å². The Bertz CT molecular complexity index is 1400. The van der Waals surface area contributed by atoms with E-state index in [1.165, 1.54) is 0 Å². The van der Waals surface area contributed by atoms with Gasteiger partial charge in [0.05, 0.1) is 25.9 Å². The number of rotatable bonds is 10. The average molecular weight is 571 g/mol. The van der Waals surface area contributed by atoms with E-state index in [0.29, 0.717) is 18.7 Å². The highest BCUT2D eigenvalue weighted by molar-refractivity contribution is 7.99. The molecule has 0 radical (unpaired) electrons. The third kappa shape index (κ3) is 7.89. The number of thioether (sulfide) groups is 1. The van der Waals surface area contributed by atoms with Gasteiger partial charge in [-0.1, -0.05) is 78.9 Å². The maximum absolute atomic E-state index is 12.4. The van der Waals surface area contributed by atoms with E-state index in [1.54, 1.807) is 18.9 Å². The first-order chi connectivity index (χ1) is 20.1. The molecule has 0 aliphatic carbocycles. The molecule has 7 nitrogen and oxygen atoms in total. The van der Waals surface area contributed by atoms with Crippen molar-refractivity contribution in [2.24, 2.45) is 0 Å². The molecule has 0 aromatic heterocycles. The summed E-state index contributed by atoms with van der Waals surface area (Å²) in [6, 6.07) is 32.8. The predicted molar refractivity (Wildman–Crippen MR) is 161 cm³/mol. The summed E-state index contributed by atoms with van der Waals surface area (Å²) in [5, 5.41) is 15.2. The van der Waals surface area contributed by atoms with Crippen molar-refractivity contribution in [1.29, 1.82) is 0 Å². The summed E-state index contributed by atoms with van der Waals surface area (Å²) < 4.78 is 18.4. The zero-order valence-electron chi connectivity index (χ0n) is 22.9. The molecule has 4 aromatic carbocycles. The van der Waals surface area contributed by atoms with Crippen LogP contribution in [0.4, 0.5) is 10.5 Å². The number of urea groups is 1. The Morgan fingerprint density at radius 1 is 0.878 bits per heavy atom. The molecule has 0 unspecified atom stereocenters. The second-order valence-electron chi connectivity index (χ2n) is 9.73. The number of carbonyl (C=O) groups excluding carboxylic acids is 1. The number of carbonyl (C=O) groups is 1. The lowest BCUT2D eigenvalue weighted by Crippen LogP contribution is -2.31. The minimum atomic E-state index is -0.574. The van der Waals surface area contributed by atoms with E-state index in [9.17, 15) is 9.90 Å². The van der Waals surface area contributed by atoms with Gasteiger partial charge in [0.2, 0.25) is 0 Å². The number of aliphatic hydroxyl groups is 1. The fraction of sp³-hybridized carbons (Fsp3) is 0.242. The van der Waals surface area contributed by atoms with Crippen molar-refractivity contribution in [2.75, 3.05) is 18.2 Å². The molecule has 0 saturated carbocycles. The number of amides is 2. The van der Waals surface area contributed by atoms with Crippen LogP contribution >= 0.6 is 11.8 Å². The van der Waals surface area contributed by atoms with Crippen LogP contribution in [-0.2, 0) is 22.6 Å². The number of hydrogen-bond acceptors (Lipinski definition) is 6. The zero-order valence-corrected chi connectivity index (χ0v) is 23.7. The van der Waals surface area contributed by atoms with Gasteiger partial charge in [-0.05, 0) is 41.0 Å². The molecule has 1 fully saturated rings. The molecule has 1 saturated heterocycles. The Hall–Kier alpha value is -3.82. The van der Waals surface area contributed by atoms with Crippen molar-refractivity contribution in [2.45, 2.75) is 43.0 Å². The Balaban J connectivity index is 1.26. The fourth-order valence-electron chi connectivity index (χ4n) is 4.62. The highest BCUT2D eigenvalue weighted by Crippen LogP contribution is 2.40. The number of ether oxygens (including phenoxy) is 3. The lowest BCUT2D eigenvalue weighted by Gasteiger charge is -2.36. The molecule has 3 N–H and O–H groups in total. The van der Waals surface area contributed by atoms with Gasteiger partial charge in [-0.3, -0.25) is 0 Å². The molecule has 4 aromatic rings. The lowest BCUT2D eigenvalue weighted by molar-refractivity contribution is -0.245. The smallest absolute Gasteiger partial charge is 0.319 e. The first kappa shape index (κ1) is 28.7. The zero-order chi connectivity index (χ0) is 28.4. The normalized spacial score (nSPS) is 18.4. The quantitative estimate of drug-likeness (QED) is 0.181. The van der Waals surface area contributed by atoms with Gasteiger partial charge < -0.3 is 30.0 Å². The third-order valence-electron chi connectivity index (χ3n) is 6.85. The van der Waals surface area contributed by atoms with Crippen molar-refractivity contribution >= 4 is 23.5 Å². The van der Waals surface area contributed by atoms with Crippen molar-refractivity contribution in [3.63, 3.8) is 0 Å². The molecule has 2 amide bonds. The molecular formula is C33H34N2O5S. The van der Waals surface area contributed by atoms with E-state index in [1.807, 2.05) is 103 Å². The van der Waals surface area contributed by atoms with Crippen molar-refractivity contribution in [3.05, 3.63) is 125 Å². The number of anilines is 1. The maximum Gasteiger partial charge on any atom is 0.319 e. The summed E-state index contributed by atoms with van der Waals surface area (Å²) in [5.41, 5.74) is 4.47. The lowest BCUT2D eigenvalue weighted by atomic mass is 10.0. The van der Waals surface area contributed by atoms with Crippen molar-refractivity contribution in [1.82, 2.24) is 5.32 Å². The van der Waals surface area contributed by atoms with Crippen LogP contribution in [0.2, 0.25) is 0 Å². The molecule has 0 spiro atoms. The van der Waals surface area contributed by atoms with Crippen LogP contribution < -0.4 is 15.4 Å². The number of benzene rings is 4. The van der Waals surface area contributed by atoms with Gasteiger partial charge in [0.1, 0.15) is 5.75 Å². The van der Waals surface area contributed by atoms with Gasteiger partial charge in [-0.15, -0.1) is 11.8 Å². The van der Waals surface area contributed by atoms with Crippen LogP contribution in [0, 0.1) is 0 Å². The number of nitrogens with one attached hydrogen (secondary N) is 2. The molecule has 1 aliphatic heterocycles. The van der Waals surface area contributed by atoms with E-state index >= 15 is 0 Å². The van der Waals surface area contributed by atoms with Crippen LogP contribution in [0.25, 0.3) is 0 Å².